The number of carbonyl (C=O) groups excluding carboxylic acids is 1. The predicted octanol–water partition coefficient (Wildman–Crippen LogP) is 6.54. The number of hydrogen-bond acceptors (Lipinski definition) is 4. The summed E-state index contributed by atoms with van der Waals surface area (Å²) in [6.07, 6.45) is 4.07. The minimum absolute atomic E-state index is 0.187. The van der Waals surface area contributed by atoms with Crippen LogP contribution in [0.15, 0.2) is 48.7 Å². The van der Waals surface area contributed by atoms with Gasteiger partial charge in [0.25, 0.3) is 0 Å². The fourth-order valence-electron chi connectivity index (χ4n) is 3.48. The fourth-order valence-corrected chi connectivity index (χ4v) is 4.71. The second-order valence-corrected chi connectivity index (χ2v) is 15.6. The highest BCUT2D eigenvalue weighted by molar-refractivity contribution is 6.74. The van der Waals surface area contributed by atoms with E-state index >= 15 is 0 Å². The van der Waals surface area contributed by atoms with Crippen molar-refractivity contribution in [3.05, 3.63) is 76.3 Å². The van der Waals surface area contributed by atoms with Crippen molar-refractivity contribution in [2.24, 2.45) is 0 Å². The van der Waals surface area contributed by atoms with Crippen LogP contribution in [0.5, 0.6) is 0 Å². The van der Waals surface area contributed by atoms with Crippen LogP contribution in [0.4, 0.5) is 0 Å². The number of rotatable bonds is 10. The highest BCUT2D eigenvalue weighted by Gasteiger charge is 2.36. The van der Waals surface area contributed by atoms with Crippen molar-refractivity contribution in [2.45, 2.75) is 71.5 Å². The van der Waals surface area contributed by atoms with E-state index in [1.54, 1.807) is 0 Å². The molecule has 2 aromatic heterocycles. The molecule has 0 atom stereocenters. The number of hydrogen-bond donors (Lipinski definition) is 0. The summed E-state index contributed by atoms with van der Waals surface area (Å²) in [6.45, 7) is 13.9. The second-order valence-electron chi connectivity index (χ2n) is 10.4. The maximum absolute atomic E-state index is 12.7. The number of carbonyl (C=O) groups is 1. The highest BCUT2D eigenvalue weighted by Crippen LogP contribution is 2.36. The molecule has 0 bridgehead atoms. The first-order valence-electron chi connectivity index (χ1n) is 11.9. The predicted molar refractivity (Wildman–Crippen MR) is 141 cm³/mol. The largest absolute Gasteiger partial charge is 0.416 e. The molecule has 0 aliphatic heterocycles. The average Bonchev–Trinajstić information content (AvgIpc) is 3.13. The Hall–Kier alpha value is -2.28. The van der Waals surface area contributed by atoms with E-state index in [1.807, 2.05) is 60.3 Å². The number of aromatic nitrogens is 3. The van der Waals surface area contributed by atoms with Crippen LogP contribution in [-0.2, 0) is 28.5 Å². The third kappa shape index (κ3) is 7.11. The first-order valence-corrected chi connectivity index (χ1v) is 15.1. The molecule has 0 amide bonds. The van der Waals surface area contributed by atoms with Crippen molar-refractivity contribution >= 4 is 25.7 Å². The summed E-state index contributed by atoms with van der Waals surface area (Å²) >= 11 is 6.14. The molecular formula is C27H36ClN3O2Si. The van der Waals surface area contributed by atoms with Gasteiger partial charge in [0.2, 0.25) is 0 Å². The molecule has 7 heteroatoms. The minimum Gasteiger partial charge on any atom is -0.416 e. The van der Waals surface area contributed by atoms with Gasteiger partial charge in [0.15, 0.2) is 8.32 Å². The topological polar surface area (TPSA) is 57.0 Å². The summed E-state index contributed by atoms with van der Waals surface area (Å²) in [4.78, 5) is 17.2. The molecule has 3 aromatic rings. The van der Waals surface area contributed by atoms with E-state index < -0.39 is 8.32 Å². The van der Waals surface area contributed by atoms with Crippen LogP contribution in [-0.4, -0.2) is 35.5 Å². The number of Topliss-reactive ketones (excluding diaryl/α,β-unsaturated/α-hetero) is 1. The number of nitrogens with zero attached hydrogens (tertiary/aromatic N) is 3. The summed E-state index contributed by atoms with van der Waals surface area (Å²) in [6, 6.07) is 13.6. The molecule has 1 aromatic carbocycles. The Bertz CT molecular complexity index is 1120. The van der Waals surface area contributed by atoms with Gasteiger partial charge >= 0.3 is 0 Å². The van der Waals surface area contributed by atoms with Crippen LogP contribution >= 0.6 is 11.6 Å². The van der Waals surface area contributed by atoms with Gasteiger partial charge in [-0.05, 0) is 67.4 Å². The summed E-state index contributed by atoms with van der Waals surface area (Å²) in [5.74, 6) is 0.187. The van der Waals surface area contributed by atoms with E-state index in [2.05, 4.69) is 43.9 Å². The molecule has 0 saturated carbocycles. The van der Waals surface area contributed by atoms with E-state index in [0.29, 0.717) is 30.9 Å². The molecule has 3 rings (SSSR count). The number of pyridine rings is 1. The Morgan fingerprint density at radius 3 is 2.53 bits per heavy atom. The van der Waals surface area contributed by atoms with E-state index in [4.69, 9.17) is 16.0 Å². The lowest BCUT2D eigenvalue weighted by Gasteiger charge is -2.36. The van der Waals surface area contributed by atoms with Gasteiger partial charge in [-0.3, -0.25) is 9.78 Å². The van der Waals surface area contributed by atoms with Crippen molar-refractivity contribution in [1.29, 1.82) is 0 Å². The molecule has 0 aliphatic carbocycles. The first kappa shape index (κ1) is 26.3. The lowest BCUT2D eigenvalue weighted by molar-refractivity contribution is -0.118. The Morgan fingerprint density at radius 1 is 1.12 bits per heavy atom. The lowest BCUT2D eigenvalue weighted by atomic mass is 10.1. The summed E-state index contributed by atoms with van der Waals surface area (Å²) in [5.41, 5.74) is 4.76. The van der Waals surface area contributed by atoms with Crippen molar-refractivity contribution < 1.29 is 9.22 Å². The number of halogens is 1. The van der Waals surface area contributed by atoms with Crippen LogP contribution in [0.1, 0.15) is 49.8 Å². The SMILES string of the molecule is Cc1cc(CCC(=O)Cc2ccc(CCO[Si](C)(C)C(C)(C)C)nc2)n(-c2cccc(Cl)c2)n1. The van der Waals surface area contributed by atoms with Crippen LogP contribution < -0.4 is 0 Å². The Labute approximate surface area is 209 Å². The third-order valence-electron chi connectivity index (χ3n) is 6.53. The maximum Gasteiger partial charge on any atom is 0.191 e. The van der Waals surface area contributed by atoms with Crippen LogP contribution in [0.3, 0.4) is 0 Å². The van der Waals surface area contributed by atoms with Crippen molar-refractivity contribution in [2.75, 3.05) is 6.61 Å². The Kier molecular flexibility index (Phi) is 8.50. The van der Waals surface area contributed by atoms with Crippen LogP contribution in [0.2, 0.25) is 23.2 Å². The van der Waals surface area contributed by atoms with Crippen LogP contribution in [0, 0.1) is 6.92 Å². The molecule has 0 unspecified atom stereocenters. The van der Waals surface area contributed by atoms with Crippen molar-refractivity contribution in [3.63, 3.8) is 0 Å². The Balaban J connectivity index is 1.52. The zero-order chi connectivity index (χ0) is 24.9. The van der Waals surface area contributed by atoms with Gasteiger partial charge in [0.05, 0.1) is 11.4 Å². The first-order chi connectivity index (χ1) is 15.9. The lowest BCUT2D eigenvalue weighted by Crippen LogP contribution is -2.41. The van der Waals surface area contributed by atoms with Crippen molar-refractivity contribution in [1.82, 2.24) is 14.8 Å². The van der Waals surface area contributed by atoms with Gasteiger partial charge in [-0.2, -0.15) is 5.10 Å². The minimum atomic E-state index is -1.74. The number of benzene rings is 1. The van der Waals surface area contributed by atoms with Gasteiger partial charge in [-0.25, -0.2) is 4.68 Å². The summed E-state index contributed by atoms with van der Waals surface area (Å²) in [5, 5.41) is 5.44. The van der Waals surface area contributed by atoms with Crippen molar-refractivity contribution in [3.8, 4) is 5.69 Å². The zero-order valence-electron chi connectivity index (χ0n) is 21.2. The zero-order valence-corrected chi connectivity index (χ0v) is 22.9. The standard InChI is InChI=1S/C27H36ClN3O2Si/c1-20-16-25(31(30-20)24-9-7-8-22(28)18-24)12-13-26(32)17-21-10-11-23(29-19-21)14-15-33-34(5,6)27(2,3)4/h7-11,16,18-19H,12-15,17H2,1-6H3. The molecule has 0 saturated heterocycles. The summed E-state index contributed by atoms with van der Waals surface area (Å²) in [7, 11) is -1.74. The highest BCUT2D eigenvalue weighted by atomic mass is 35.5. The molecule has 0 fully saturated rings. The molecule has 34 heavy (non-hydrogen) atoms. The fraction of sp³-hybridized carbons (Fsp3) is 0.444. The smallest absolute Gasteiger partial charge is 0.191 e. The van der Waals surface area contributed by atoms with Gasteiger partial charge < -0.3 is 4.43 Å². The summed E-state index contributed by atoms with van der Waals surface area (Å²) < 4.78 is 8.12. The molecule has 5 nitrogen and oxygen atoms in total. The van der Waals surface area contributed by atoms with Gasteiger partial charge in [-0.1, -0.05) is 44.5 Å². The van der Waals surface area contributed by atoms with E-state index in [-0.39, 0.29) is 10.8 Å². The quantitative estimate of drug-likeness (QED) is 0.298. The monoisotopic (exact) mass is 497 g/mol. The van der Waals surface area contributed by atoms with E-state index in [0.717, 1.165) is 34.8 Å². The van der Waals surface area contributed by atoms with Gasteiger partial charge in [0.1, 0.15) is 5.78 Å². The molecule has 0 aliphatic rings. The molecule has 182 valence electrons. The molecule has 0 spiro atoms. The van der Waals surface area contributed by atoms with Gasteiger partial charge in [0, 0.05) is 48.5 Å². The molecular weight excluding hydrogens is 462 g/mol. The molecule has 2 heterocycles. The second kappa shape index (κ2) is 11.0. The number of aryl methyl sites for hydroxylation is 2. The number of ketones is 1. The molecule has 0 radical (unpaired) electrons. The maximum atomic E-state index is 12.7. The van der Waals surface area contributed by atoms with E-state index in [9.17, 15) is 4.79 Å². The van der Waals surface area contributed by atoms with E-state index in [1.165, 1.54) is 0 Å². The normalized spacial score (nSPS) is 12.2. The molecule has 0 N–H and O–H groups in total. The van der Waals surface area contributed by atoms with Crippen LogP contribution in [0.25, 0.3) is 5.69 Å². The Morgan fingerprint density at radius 2 is 1.88 bits per heavy atom. The third-order valence-corrected chi connectivity index (χ3v) is 11.3. The average molecular weight is 498 g/mol. The van der Waals surface area contributed by atoms with Gasteiger partial charge in [-0.15, -0.1) is 0 Å².